The average molecular weight is 388 g/mol. The molecule has 0 radical (unpaired) electrons. The molecule has 1 N–H and O–H groups in total. The molecule has 7 heteroatoms. The predicted molar refractivity (Wildman–Crippen MR) is 105 cm³/mol. The smallest absolute Gasteiger partial charge is 0.387 e. The minimum Gasteiger partial charge on any atom is -0.493 e. The van der Waals surface area contributed by atoms with Crippen molar-refractivity contribution in [3.8, 4) is 11.5 Å². The van der Waals surface area contributed by atoms with Crippen LogP contribution in [-0.4, -0.2) is 32.7 Å². The summed E-state index contributed by atoms with van der Waals surface area (Å²) in [4.78, 5) is 14.6. The summed E-state index contributed by atoms with van der Waals surface area (Å²) >= 11 is 0. The number of hydrogen-bond donors (Lipinski definition) is 1. The summed E-state index contributed by atoms with van der Waals surface area (Å²) in [7, 11) is 1.36. The summed E-state index contributed by atoms with van der Waals surface area (Å²) in [5, 5.41) is 2.90. The Balaban J connectivity index is 1.69. The van der Waals surface area contributed by atoms with Gasteiger partial charge in [0.2, 0.25) is 5.91 Å². The van der Waals surface area contributed by atoms with Crippen molar-refractivity contribution in [3.05, 3.63) is 54.1 Å². The maximum atomic E-state index is 12.4. The van der Waals surface area contributed by atoms with Gasteiger partial charge in [0, 0.05) is 19.2 Å². The number of ether oxygens (including phenoxy) is 2. The van der Waals surface area contributed by atoms with E-state index in [1.54, 1.807) is 12.1 Å². The number of rotatable bonds is 7. The Morgan fingerprint density at radius 1 is 1.14 bits per heavy atom. The molecule has 1 aliphatic heterocycles. The molecule has 2 aromatic rings. The molecular formula is C21H22F2N2O3. The first-order chi connectivity index (χ1) is 13.6. The Hall–Kier alpha value is -3.09. The fraction of sp³-hybridized carbons (Fsp3) is 0.286. The van der Waals surface area contributed by atoms with Gasteiger partial charge in [-0.2, -0.15) is 8.78 Å². The number of anilines is 2. The number of halogens is 2. The number of benzene rings is 2. The first kappa shape index (κ1) is 19.7. The van der Waals surface area contributed by atoms with E-state index in [1.165, 1.54) is 25.3 Å². The third-order valence-corrected chi connectivity index (χ3v) is 4.44. The van der Waals surface area contributed by atoms with Gasteiger partial charge in [0.15, 0.2) is 11.5 Å². The monoisotopic (exact) mass is 388 g/mol. The van der Waals surface area contributed by atoms with E-state index in [0.29, 0.717) is 5.56 Å². The van der Waals surface area contributed by atoms with Crippen LogP contribution in [0.5, 0.6) is 11.5 Å². The molecule has 3 rings (SSSR count). The number of amides is 1. The zero-order valence-corrected chi connectivity index (χ0v) is 15.5. The topological polar surface area (TPSA) is 50.8 Å². The maximum absolute atomic E-state index is 12.4. The Morgan fingerprint density at radius 2 is 1.89 bits per heavy atom. The van der Waals surface area contributed by atoms with Crippen molar-refractivity contribution in [2.75, 3.05) is 30.4 Å². The fourth-order valence-corrected chi connectivity index (χ4v) is 3.14. The normalized spacial score (nSPS) is 13.9. The Kier molecular flexibility index (Phi) is 6.47. The minimum atomic E-state index is -2.93. The predicted octanol–water partition coefficient (Wildman–Crippen LogP) is 4.55. The molecule has 28 heavy (non-hydrogen) atoms. The Labute approximate surface area is 162 Å². The van der Waals surface area contributed by atoms with Crippen LogP contribution < -0.4 is 19.7 Å². The molecule has 2 aromatic carbocycles. The summed E-state index contributed by atoms with van der Waals surface area (Å²) in [6.45, 7) is -0.970. The maximum Gasteiger partial charge on any atom is 0.387 e. The SMILES string of the molecule is COc1cc(/C=C/C(=O)Nc2ccccc2N2CCCC2)ccc1OC(F)F. The molecule has 5 nitrogen and oxygen atoms in total. The number of carbonyl (C=O) groups is 1. The molecule has 0 aliphatic carbocycles. The van der Waals surface area contributed by atoms with Crippen molar-refractivity contribution in [1.82, 2.24) is 0 Å². The summed E-state index contributed by atoms with van der Waals surface area (Å²) in [5.74, 6) is -0.167. The number of para-hydroxylation sites is 2. The number of nitrogens with one attached hydrogen (secondary N) is 1. The van der Waals surface area contributed by atoms with E-state index in [-0.39, 0.29) is 17.4 Å². The second-order valence-corrected chi connectivity index (χ2v) is 6.32. The number of carbonyl (C=O) groups excluding carboxylic acids is 1. The van der Waals surface area contributed by atoms with Gasteiger partial charge in [-0.3, -0.25) is 4.79 Å². The lowest BCUT2D eigenvalue weighted by Crippen LogP contribution is -2.20. The molecule has 148 valence electrons. The van der Waals surface area contributed by atoms with Crippen molar-refractivity contribution >= 4 is 23.4 Å². The van der Waals surface area contributed by atoms with Gasteiger partial charge in [0.1, 0.15) is 0 Å². The summed E-state index contributed by atoms with van der Waals surface area (Å²) in [6.07, 6.45) is 5.27. The van der Waals surface area contributed by atoms with Crippen LogP contribution in [-0.2, 0) is 4.79 Å². The van der Waals surface area contributed by atoms with E-state index in [2.05, 4.69) is 15.0 Å². The minimum absolute atomic E-state index is 0.0568. The quantitative estimate of drug-likeness (QED) is 0.707. The molecule has 0 spiro atoms. The molecule has 0 bridgehead atoms. The van der Waals surface area contributed by atoms with E-state index in [1.807, 2.05) is 24.3 Å². The molecular weight excluding hydrogens is 366 g/mol. The average Bonchev–Trinajstić information content (AvgIpc) is 3.22. The molecule has 1 saturated heterocycles. The van der Waals surface area contributed by atoms with Gasteiger partial charge >= 0.3 is 6.61 Å². The van der Waals surface area contributed by atoms with E-state index in [9.17, 15) is 13.6 Å². The zero-order valence-electron chi connectivity index (χ0n) is 15.5. The number of nitrogens with zero attached hydrogens (tertiary/aromatic N) is 1. The largest absolute Gasteiger partial charge is 0.493 e. The number of hydrogen-bond acceptors (Lipinski definition) is 4. The van der Waals surface area contributed by atoms with Crippen LogP contribution in [0.4, 0.5) is 20.2 Å². The third-order valence-electron chi connectivity index (χ3n) is 4.44. The number of methoxy groups -OCH3 is 1. The van der Waals surface area contributed by atoms with Gasteiger partial charge in [0.05, 0.1) is 18.5 Å². The van der Waals surface area contributed by atoms with Crippen LogP contribution in [0.3, 0.4) is 0 Å². The van der Waals surface area contributed by atoms with Crippen molar-refractivity contribution in [1.29, 1.82) is 0 Å². The van der Waals surface area contributed by atoms with Crippen molar-refractivity contribution in [2.45, 2.75) is 19.5 Å². The molecule has 0 aromatic heterocycles. The van der Waals surface area contributed by atoms with Gasteiger partial charge in [-0.25, -0.2) is 0 Å². The molecule has 1 aliphatic rings. The Morgan fingerprint density at radius 3 is 2.61 bits per heavy atom. The van der Waals surface area contributed by atoms with Gasteiger partial charge in [-0.15, -0.1) is 0 Å². The van der Waals surface area contributed by atoms with Gasteiger partial charge in [0.25, 0.3) is 0 Å². The third kappa shape index (κ3) is 5.00. The lowest BCUT2D eigenvalue weighted by Gasteiger charge is -2.21. The Bertz CT molecular complexity index is 849. The van der Waals surface area contributed by atoms with Crippen LogP contribution in [0, 0.1) is 0 Å². The van der Waals surface area contributed by atoms with Crippen molar-refractivity contribution in [3.63, 3.8) is 0 Å². The highest BCUT2D eigenvalue weighted by Crippen LogP contribution is 2.30. The van der Waals surface area contributed by atoms with E-state index in [4.69, 9.17) is 4.74 Å². The highest BCUT2D eigenvalue weighted by Gasteiger charge is 2.16. The number of alkyl halides is 2. The second-order valence-electron chi connectivity index (χ2n) is 6.32. The molecule has 0 atom stereocenters. The van der Waals surface area contributed by atoms with Crippen LogP contribution in [0.1, 0.15) is 18.4 Å². The van der Waals surface area contributed by atoms with Crippen molar-refractivity contribution < 1.29 is 23.0 Å². The van der Waals surface area contributed by atoms with E-state index >= 15 is 0 Å². The van der Waals surface area contributed by atoms with Crippen molar-refractivity contribution in [2.24, 2.45) is 0 Å². The van der Waals surface area contributed by atoms with Gasteiger partial charge in [-0.1, -0.05) is 18.2 Å². The zero-order chi connectivity index (χ0) is 19.9. The standard InChI is InChI=1S/C21H22F2N2O3/c1-27-19-14-15(8-10-18(19)28-21(22)23)9-11-20(26)24-16-6-2-3-7-17(16)25-12-4-5-13-25/h2-3,6-11,14,21H,4-5,12-13H2,1H3,(H,24,26)/b11-9+. The van der Waals surface area contributed by atoms with Gasteiger partial charge < -0.3 is 19.7 Å². The lowest BCUT2D eigenvalue weighted by molar-refractivity contribution is -0.111. The summed E-state index contributed by atoms with van der Waals surface area (Å²) in [5.41, 5.74) is 2.40. The summed E-state index contributed by atoms with van der Waals surface area (Å²) < 4.78 is 34.2. The second kappa shape index (κ2) is 9.21. The first-order valence-electron chi connectivity index (χ1n) is 9.02. The highest BCUT2D eigenvalue weighted by atomic mass is 19.3. The molecule has 0 saturated carbocycles. The molecule has 1 heterocycles. The summed E-state index contributed by atoms with van der Waals surface area (Å²) in [6, 6.07) is 12.2. The van der Waals surface area contributed by atoms with Crippen LogP contribution >= 0.6 is 0 Å². The van der Waals surface area contributed by atoms with Gasteiger partial charge in [-0.05, 0) is 48.7 Å². The fourth-order valence-electron chi connectivity index (χ4n) is 3.14. The lowest BCUT2D eigenvalue weighted by atomic mass is 10.2. The highest BCUT2D eigenvalue weighted by molar-refractivity contribution is 6.03. The first-order valence-corrected chi connectivity index (χ1v) is 9.02. The molecule has 0 unspecified atom stereocenters. The van der Waals surface area contributed by atoms with E-state index in [0.717, 1.165) is 37.3 Å². The molecule has 1 amide bonds. The van der Waals surface area contributed by atoms with Crippen LogP contribution in [0.15, 0.2) is 48.5 Å². The molecule has 1 fully saturated rings. The van der Waals surface area contributed by atoms with Crippen LogP contribution in [0.2, 0.25) is 0 Å². The van der Waals surface area contributed by atoms with E-state index < -0.39 is 6.61 Å². The van der Waals surface area contributed by atoms with Crippen LogP contribution in [0.25, 0.3) is 6.08 Å².